The molecule has 0 spiro atoms. The highest BCUT2D eigenvalue weighted by molar-refractivity contribution is 5.88. The van der Waals surface area contributed by atoms with Gasteiger partial charge in [-0.05, 0) is 91.5 Å². The molecule has 0 bridgehead atoms. The second-order valence-electron chi connectivity index (χ2n) is 17.0. The fourth-order valence-electron chi connectivity index (χ4n) is 9.57. The predicted octanol–water partition coefficient (Wildman–Crippen LogP) is 15.1. The Labute approximate surface area is 343 Å². The van der Waals surface area contributed by atoms with Gasteiger partial charge in [0.15, 0.2) is 0 Å². The van der Waals surface area contributed by atoms with E-state index in [-0.39, 0.29) is 22.8 Å². The van der Waals surface area contributed by atoms with Crippen molar-refractivity contribution in [3.8, 4) is 22.3 Å². The van der Waals surface area contributed by atoms with E-state index < -0.39 is 0 Å². The van der Waals surface area contributed by atoms with Crippen LogP contribution in [-0.2, 0) is 10.8 Å². The van der Waals surface area contributed by atoms with Gasteiger partial charge in [-0.2, -0.15) is 6.20 Å². The number of nitrogens with zero attached hydrogens (tertiary/aromatic N) is 2. The molecular weight excluding hydrogens is 701 g/mol. The van der Waals surface area contributed by atoms with Gasteiger partial charge in [-0.3, -0.25) is 0 Å². The molecule has 0 aromatic heterocycles. The first-order valence-corrected chi connectivity index (χ1v) is 20.5. The van der Waals surface area contributed by atoms with Gasteiger partial charge in [-0.15, -0.1) is 0 Å². The highest BCUT2D eigenvalue weighted by atomic mass is 15.2. The van der Waals surface area contributed by atoms with Gasteiger partial charge in [0, 0.05) is 22.4 Å². The van der Waals surface area contributed by atoms with Gasteiger partial charge in [-0.1, -0.05) is 203 Å². The van der Waals surface area contributed by atoms with E-state index in [4.69, 9.17) is 0 Å². The fourth-order valence-corrected chi connectivity index (χ4v) is 9.57. The average molecular weight is 748 g/mol. The topological polar surface area (TPSA) is 17.3 Å². The number of fused-ring (bicyclic) bond motifs is 5. The second-order valence-corrected chi connectivity index (χ2v) is 17.0. The highest BCUT2D eigenvalue weighted by Crippen LogP contribution is 2.53. The van der Waals surface area contributed by atoms with E-state index in [0.717, 1.165) is 5.69 Å². The molecule has 0 amide bonds. The van der Waals surface area contributed by atoms with Crippen LogP contribution in [-0.4, -0.2) is 0 Å². The molecule has 3 aliphatic rings. The maximum Gasteiger partial charge on any atom is 0.0503 e. The van der Waals surface area contributed by atoms with Crippen LogP contribution < -0.4 is 4.90 Å². The molecule has 1 aliphatic carbocycles. The number of allylic oxidation sites excluding steroid dienone is 3. The zero-order chi connectivity index (χ0) is 39.4. The molecule has 2 aliphatic heterocycles. The molecule has 2 unspecified atom stereocenters. The SMILES string of the molecule is CC1(C)c2ccccc2-c2ccc(C(/C=C/c3ccc(-c4ccc5c(c4)C(C)(C)c4ccccc4N5c4ccc(C5C=CC=C[N-]5)cc4)cc3)c3ccccc3)cc21. The number of benzene rings is 7. The second kappa shape index (κ2) is 14.1. The quantitative estimate of drug-likeness (QED) is 0.159. The number of para-hydroxylation sites is 1. The van der Waals surface area contributed by atoms with Crippen LogP contribution in [0.25, 0.3) is 33.6 Å². The van der Waals surface area contributed by atoms with E-state index in [2.05, 4.69) is 226 Å². The van der Waals surface area contributed by atoms with Crippen LogP contribution in [0.1, 0.15) is 84.2 Å². The van der Waals surface area contributed by atoms with Crippen LogP contribution in [0.5, 0.6) is 0 Å². The van der Waals surface area contributed by atoms with Gasteiger partial charge >= 0.3 is 0 Å². The first kappa shape index (κ1) is 35.8. The van der Waals surface area contributed by atoms with Crippen LogP contribution in [0.2, 0.25) is 0 Å². The molecule has 0 saturated carbocycles. The first-order chi connectivity index (χ1) is 28.3. The monoisotopic (exact) mass is 747 g/mol. The number of rotatable bonds is 7. The minimum atomic E-state index is -0.179. The smallest absolute Gasteiger partial charge is 0.0503 e. The first-order valence-electron chi connectivity index (χ1n) is 20.5. The van der Waals surface area contributed by atoms with Crippen LogP contribution in [0.4, 0.5) is 17.1 Å². The molecule has 0 fully saturated rings. The molecule has 58 heavy (non-hydrogen) atoms. The third-order valence-electron chi connectivity index (χ3n) is 12.8. The van der Waals surface area contributed by atoms with Crippen molar-refractivity contribution in [3.63, 3.8) is 0 Å². The van der Waals surface area contributed by atoms with Gasteiger partial charge < -0.3 is 10.2 Å². The Bertz CT molecular complexity index is 2750. The van der Waals surface area contributed by atoms with E-state index >= 15 is 0 Å². The van der Waals surface area contributed by atoms with E-state index in [1.165, 1.54) is 78.1 Å². The Balaban J connectivity index is 0.958. The normalized spacial score (nSPS) is 17.2. The minimum absolute atomic E-state index is 0.0386. The van der Waals surface area contributed by atoms with Crippen molar-refractivity contribution in [2.24, 2.45) is 0 Å². The van der Waals surface area contributed by atoms with Crippen molar-refractivity contribution in [2.45, 2.75) is 50.5 Å². The summed E-state index contributed by atoms with van der Waals surface area (Å²) in [6.07, 6.45) is 12.7. The summed E-state index contributed by atoms with van der Waals surface area (Å²) < 4.78 is 0. The summed E-state index contributed by atoms with van der Waals surface area (Å²) in [6.45, 7) is 9.44. The third-order valence-corrected chi connectivity index (χ3v) is 12.8. The molecule has 0 radical (unpaired) electrons. The third kappa shape index (κ3) is 6.03. The average Bonchev–Trinajstić information content (AvgIpc) is 3.50. The van der Waals surface area contributed by atoms with E-state index in [9.17, 15) is 0 Å². The Morgan fingerprint density at radius 2 is 1.21 bits per heavy atom. The predicted molar refractivity (Wildman–Crippen MR) is 244 cm³/mol. The Hall–Kier alpha value is -6.64. The zero-order valence-corrected chi connectivity index (χ0v) is 33.6. The Kier molecular flexibility index (Phi) is 8.68. The summed E-state index contributed by atoms with van der Waals surface area (Å²) in [5.41, 5.74) is 19.0. The van der Waals surface area contributed by atoms with Gasteiger partial charge in [0.1, 0.15) is 0 Å². The van der Waals surface area contributed by atoms with E-state index in [0.29, 0.717) is 0 Å². The maximum absolute atomic E-state index is 4.66. The Morgan fingerprint density at radius 1 is 0.534 bits per heavy atom. The van der Waals surface area contributed by atoms with Gasteiger partial charge in [-0.25, -0.2) is 0 Å². The largest absolute Gasteiger partial charge is 0.681 e. The zero-order valence-electron chi connectivity index (χ0n) is 33.6. The van der Waals surface area contributed by atoms with Crippen molar-refractivity contribution < 1.29 is 0 Å². The molecule has 7 aromatic rings. The molecule has 2 atom stereocenters. The molecule has 2 nitrogen and oxygen atoms in total. The molecule has 10 rings (SSSR count). The molecule has 7 aromatic carbocycles. The van der Waals surface area contributed by atoms with Gasteiger partial charge in [0.05, 0.1) is 11.4 Å². The lowest BCUT2D eigenvalue weighted by Gasteiger charge is -2.42. The van der Waals surface area contributed by atoms with Crippen molar-refractivity contribution in [2.75, 3.05) is 4.90 Å². The summed E-state index contributed by atoms with van der Waals surface area (Å²) in [7, 11) is 0. The lowest BCUT2D eigenvalue weighted by atomic mass is 9.73. The standard InChI is InChI=1S/C56H47N2/c1-55(2)48-17-9-8-16-46(48)47-33-28-43(37-50(47)55)45(40-14-6-5-7-15-40)32-23-38-21-24-39(25-22-38)42-29-34-54-51(36-42)56(3,4)49-18-10-11-20-53(49)58(54)44-30-26-41(27-31-44)52-19-12-13-35-57-52/h5-37,45,52H,1-4H3/q-1/b32-23+. The summed E-state index contributed by atoms with van der Waals surface area (Å²) in [5, 5.41) is 4.66. The molecule has 2 heteroatoms. The van der Waals surface area contributed by atoms with Crippen molar-refractivity contribution in [3.05, 3.63) is 244 Å². The lowest BCUT2D eigenvalue weighted by molar-refractivity contribution is 0.632. The van der Waals surface area contributed by atoms with Crippen molar-refractivity contribution in [1.82, 2.24) is 0 Å². The molecular formula is C56H47N2-. The lowest BCUT2D eigenvalue weighted by Crippen LogP contribution is -2.30. The van der Waals surface area contributed by atoms with Crippen LogP contribution in [0.15, 0.2) is 194 Å². The Morgan fingerprint density at radius 3 is 1.98 bits per heavy atom. The van der Waals surface area contributed by atoms with Gasteiger partial charge in [0.2, 0.25) is 0 Å². The number of anilines is 3. The molecule has 0 saturated heterocycles. The van der Waals surface area contributed by atoms with Gasteiger partial charge in [0.25, 0.3) is 0 Å². The van der Waals surface area contributed by atoms with Crippen molar-refractivity contribution >= 4 is 23.1 Å². The summed E-state index contributed by atoms with van der Waals surface area (Å²) in [6, 6.07) is 60.8. The summed E-state index contributed by atoms with van der Waals surface area (Å²) in [5.74, 6) is 0.131. The summed E-state index contributed by atoms with van der Waals surface area (Å²) >= 11 is 0. The molecule has 282 valence electrons. The summed E-state index contributed by atoms with van der Waals surface area (Å²) in [4.78, 5) is 2.43. The minimum Gasteiger partial charge on any atom is -0.681 e. The van der Waals surface area contributed by atoms with Crippen LogP contribution >= 0.6 is 0 Å². The van der Waals surface area contributed by atoms with Crippen molar-refractivity contribution in [1.29, 1.82) is 0 Å². The fraction of sp³-hybridized carbons (Fsp3) is 0.143. The van der Waals surface area contributed by atoms with E-state index in [1.807, 2.05) is 12.3 Å². The van der Waals surface area contributed by atoms with E-state index in [1.54, 1.807) is 0 Å². The number of hydrogen-bond acceptors (Lipinski definition) is 1. The molecule has 2 heterocycles. The maximum atomic E-state index is 4.66. The van der Waals surface area contributed by atoms with Crippen LogP contribution in [0.3, 0.4) is 0 Å². The number of hydrogen-bond donors (Lipinski definition) is 0. The highest BCUT2D eigenvalue weighted by Gasteiger charge is 2.38. The van der Waals surface area contributed by atoms with Crippen LogP contribution in [0, 0.1) is 0 Å². The molecule has 0 N–H and O–H groups in total.